The maximum atomic E-state index is 12.6. The first kappa shape index (κ1) is 19.3. The van der Waals surface area contributed by atoms with Gasteiger partial charge in [-0.3, -0.25) is 9.89 Å². The fourth-order valence-electron chi connectivity index (χ4n) is 2.99. The van der Waals surface area contributed by atoms with Crippen LogP contribution in [0.25, 0.3) is 11.3 Å². The standard InChI is InChI=1S/C20H25N7O/c1-12-16(13(2)26-25-12)8-9-22-19(28)15-7-5-6-14(10-15)17-11-18(27(3)4)24-20(21)23-17/h5-7,10-11H,8-9H2,1-4H3,(H,22,28)(H,25,26)(H2,21,23,24). The second-order valence-corrected chi connectivity index (χ2v) is 6.86. The molecule has 0 unspecified atom stereocenters. The number of carbonyl (C=O) groups excluding carboxylic acids is 1. The van der Waals surface area contributed by atoms with Gasteiger partial charge in [-0.15, -0.1) is 0 Å². The molecule has 2 aromatic heterocycles. The van der Waals surface area contributed by atoms with Gasteiger partial charge in [-0.25, -0.2) is 4.98 Å². The molecule has 0 aliphatic carbocycles. The van der Waals surface area contributed by atoms with Crippen LogP contribution in [0.4, 0.5) is 11.8 Å². The van der Waals surface area contributed by atoms with E-state index in [2.05, 4.69) is 25.5 Å². The predicted molar refractivity (Wildman–Crippen MR) is 110 cm³/mol. The molecular weight excluding hydrogens is 354 g/mol. The van der Waals surface area contributed by atoms with Gasteiger partial charge in [0.2, 0.25) is 5.95 Å². The van der Waals surface area contributed by atoms with Gasteiger partial charge < -0.3 is 16.0 Å². The van der Waals surface area contributed by atoms with Crippen LogP contribution in [0.5, 0.6) is 0 Å². The molecule has 3 rings (SSSR count). The number of rotatable bonds is 6. The van der Waals surface area contributed by atoms with E-state index in [4.69, 9.17) is 5.73 Å². The zero-order chi connectivity index (χ0) is 20.3. The van der Waals surface area contributed by atoms with Crippen LogP contribution in [0.3, 0.4) is 0 Å². The number of hydrogen-bond donors (Lipinski definition) is 3. The molecule has 0 spiro atoms. The van der Waals surface area contributed by atoms with E-state index < -0.39 is 0 Å². The summed E-state index contributed by atoms with van der Waals surface area (Å²) in [6, 6.07) is 9.17. The van der Waals surface area contributed by atoms with E-state index in [1.54, 1.807) is 6.07 Å². The van der Waals surface area contributed by atoms with E-state index >= 15 is 0 Å². The van der Waals surface area contributed by atoms with Crippen molar-refractivity contribution in [3.05, 3.63) is 52.8 Å². The molecule has 0 fully saturated rings. The molecular formula is C20H25N7O. The Kier molecular flexibility index (Phi) is 5.58. The molecule has 1 aromatic carbocycles. The van der Waals surface area contributed by atoms with E-state index in [9.17, 15) is 4.79 Å². The van der Waals surface area contributed by atoms with E-state index in [0.29, 0.717) is 23.6 Å². The molecule has 0 radical (unpaired) electrons. The number of carbonyl (C=O) groups is 1. The third-order valence-corrected chi connectivity index (χ3v) is 4.55. The lowest BCUT2D eigenvalue weighted by Gasteiger charge is -2.13. The Morgan fingerprint density at radius 3 is 2.68 bits per heavy atom. The van der Waals surface area contributed by atoms with E-state index in [1.807, 2.05) is 57.1 Å². The van der Waals surface area contributed by atoms with Crippen molar-refractivity contribution >= 4 is 17.7 Å². The lowest BCUT2D eigenvalue weighted by molar-refractivity contribution is 0.0954. The highest BCUT2D eigenvalue weighted by molar-refractivity contribution is 5.95. The Morgan fingerprint density at radius 1 is 1.21 bits per heavy atom. The summed E-state index contributed by atoms with van der Waals surface area (Å²) in [5, 5.41) is 10.1. The topological polar surface area (TPSA) is 113 Å². The summed E-state index contributed by atoms with van der Waals surface area (Å²) in [5.74, 6) is 0.778. The number of nitrogen functional groups attached to an aromatic ring is 1. The number of nitrogens with zero attached hydrogens (tertiary/aromatic N) is 4. The number of aromatic amines is 1. The number of anilines is 2. The molecule has 0 bridgehead atoms. The number of aryl methyl sites for hydroxylation is 2. The third kappa shape index (κ3) is 4.28. The van der Waals surface area contributed by atoms with Crippen molar-refractivity contribution in [2.45, 2.75) is 20.3 Å². The summed E-state index contributed by atoms with van der Waals surface area (Å²) in [5.41, 5.74) is 11.0. The molecule has 4 N–H and O–H groups in total. The van der Waals surface area contributed by atoms with Crippen LogP contribution < -0.4 is 16.0 Å². The Balaban J connectivity index is 1.73. The van der Waals surface area contributed by atoms with Crippen LogP contribution in [-0.2, 0) is 6.42 Å². The Labute approximate surface area is 164 Å². The average Bonchev–Trinajstić information content (AvgIpc) is 2.99. The first-order valence-corrected chi connectivity index (χ1v) is 9.06. The average molecular weight is 379 g/mol. The zero-order valence-electron chi connectivity index (χ0n) is 16.6. The lowest BCUT2D eigenvalue weighted by Crippen LogP contribution is -2.25. The third-order valence-electron chi connectivity index (χ3n) is 4.55. The van der Waals surface area contributed by atoms with E-state index in [-0.39, 0.29) is 11.9 Å². The molecule has 8 heteroatoms. The molecule has 0 atom stereocenters. The minimum atomic E-state index is -0.129. The van der Waals surface area contributed by atoms with Crippen molar-refractivity contribution in [1.82, 2.24) is 25.5 Å². The van der Waals surface area contributed by atoms with Gasteiger partial charge in [0.05, 0.1) is 11.4 Å². The number of amides is 1. The van der Waals surface area contributed by atoms with Crippen LogP contribution in [0, 0.1) is 13.8 Å². The fourth-order valence-corrected chi connectivity index (χ4v) is 2.99. The molecule has 0 saturated heterocycles. The van der Waals surface area contributed by atoms with Crippen molar-refractivity contribution in [2.24, 2.45) is 0 Å². The monoisotopic (exact) mass is 379 g/mol. The summed E-state index contributed by atoms with van der Waals surface area (Å²) in [6.45, 7) is 4.48. The van der Waals surface area contributed by atoms with Crippen molar-refractivity contribution in [3.8, 4) is 11.3 Å². The Hall–Kier alpha value is -3.42. The first-order valence-electron chi connectivity index (χ1n) is 9.06. The van der Waals surface area contributed by atoms with Gasteiger partial charge in [0, 0.05) is 43.5 Å². The van der Waals surface area contributed by atoms with Crippen LogP contribution in [0.1, 0.15) is 27.3 Å². The molecule has 2 heterocycles. The maximum Gasteiger partial charge on any atom is 0.251 e. The highest BCUT2D eigenvalue weighted by Gasteiger charge is 2.11. The minimum absolute atomic E-state index is 0.129. The first-order chi connectivity index (χ1) is 13.3. The highest BCUT2D eigenvalue weighted by atomic mass is 16.1. The second-order valence-electron chi connectivity index (χ2n) is 6.86. The van der Waals surface area contributed by atoms with E-state index in [0.717, 1.165) is 28.9 Å². The molecule has 28 heavy (non-hydrogen) atoms. The van der Waals surface area contributed by atoms with Gasteiger partial charge in [-0.2, -0.15) is 10.1 Å². The molecule has 1 amide bonds. The van der Waals surface area contributed by atoms with Crippen molar-refractivity contribution in [3.63, 3.8) is 0 Å². The van der Waals surface area contributed by atoms with Crippen molar-refractivity contribution < 1.29 is 4.79 Å². The van der Waals surface area contributed by atoms with Gasteiger partial charge in [-0.1, -0.05) is 12.1 Å². The number of nitrogens with two attached hydrogens (primary N) is 1. The fraction of sp³-hybridized carbons (Fsp3) is 0.300. The summed E-state index contributed by atoms with van der Waals surface area (Å²) < 4.78 is 0. The van der Waals surface area contributed by atoms with Gasteiger partial charge in [0.25, 0.3) is 5.91 Å². The molecule has 0 aliphatic rings. The normalized spacial score (nSPS) is 10.7. The number of benzene rings is 1. The van der Waals surface area contributed by atoms with Crippen LogP contribution >= 0.6 is 0 Å². The van der Waals surface area contributed by atoms with Crippen molar-refractivity contribution in [2.75, 3.05) is 31.3 Å². The quantitative estimate of drug-likeness (QED) is 0.605. The zero-order valence-corrected chi connectivity index (χ0v) is 16.6. The molecule has 8 nitrogen and oxygen atoms in total. The SMILES string of the molecule is Cc1n[nH]c(C)c1CCNC(=O)c1cccc(-c2cc(N(C)C)nc(N)n2)c1. The van der Waals surface area contributed by atoms with E-state index in [1.165, 1.54) is 0 Å². The highest BCUT2D eigenvalue weighted by Crippen LogP contribution is 2.22. The number of hydrogen-bond acceptors (Lipinski definition) is 6. The van der Waals surface area contributed by atoms with Gasteiger partial charge in [0.1, 0.15) is 5.82 Å². The Morgan fingerprint density at radius 2 is 2.00 bits per heavy atom. The smallest absolute Gasteiger partial charge is 0.251 e. The van der Waals surface area contributed by atoms with Crippen LogP contribution in [0.2, 0.25) is 0 Å². The summed E-state index contributed by atoms with van der Waals surface area (Å²) in [7, 11) is 3.78. The molecule has 0 saturated carbocycles. The maximum absolute atomic E-state index is 12.6. The second kappa shape index (κ2) is 8.08. The summed E-state index contributed by atoms with van der Waals surface area (Å²) in [4.78, 5) is 22.9. The van der Waals surface area contributed by atoms with Gasteiger partial charge in [-0.05, 0) is 38.0 Å². The van der Waals surface area contributed by atoms with Crippen LogP contribution in [-0.4, -0.2) is 46.7 Å². The summed E-state index contributed by atoms with van der Waals surface area (Å²) in [6.07, 6.45) is 0.730. The molecule has 146 valence electrons. The molecule has 3 aromatic rings. The minimum Gasteiger partial charge on any atom is -0.368 e. The lowest BCUT2D eigenvalue weighted by atomic mass is 10.1. The largest absolute Gasteiger partial charge is 0.368 e. The van der Waals surface area contributed by atoms with Gasteiger partial charge in [0.15, 0.2) is 0 Å². The van der Waals surface area contributed by atoms with Gasteiger partial charge >= 0.3 is 0 Å². The molecule has 0 aliphatic heterocycles. The van der Waals surface area contributed by atoms with Crippen LogP contribution in [0.15, 0.2) is 30.3 Å². The number of aromatic nitrogens is 4. The number of nitrogens with one attached hydrogen (secondary N) is 2. The number of H-pyrrole nitrogens is 1. The van der Waals surface area contributed by atoms with Crippen molar-refractivity contribution in [1.29, 1.82) is 0 Å². The predicted octanol–water partition coefficient (Wildman–Crippen LogP) is 2.10. The summed E-state index contributed by atoms with van der Waals surface area (Å²) >= 11 is 0. The Bertz CT molecular complexity index is 974.